The number of amides is 1. The molecule has 2 aromatic carbocycles. The van der Waals surface area contributed by atoms with Crippen LogP contribution in [0, 0.1) is 5.82 Å². The van der Waals surface area contributed by atoms with E-state index in [1.54, 1.807) is 4.90 Å². The average molecular weight is 315 g/mol. The van der Waals surface area contributed by atoms with Crippen LogP contribution in [0.2, 0.25) is 0 Å². The van der Waals surface area contributed by atoms with Crippen LogP contribution in [0.4, 0.5) is 4.39 Å². The van der Waals surface area contributed by atoms with Crippen molar-refractivity contribution in [3.8, 4) is 5.75 Å². The number of methoxy groups -OCH3 is 1. The molecule has 0 fully saturated rings. The fourth-order valence-corrected chi connectivity index (χ4v) is 3.05. The molecule has 0 saturated heterocycles. The number of hydrogen-bond donors (Lipinski definition) is 1. The second-order valence-corrected chi connectivity index (χ2v) is 5.50. The van der Waals surface area contributed by atoms with Gasteiger partial charge in [0.25, 0.3) is 5.91 Å². The highest BCUT2D eigenvalue weighted by Gasteiger charge is 2.30. The lowest BCUT2D eigenvalue weighted by Crippen LogP contribution is -2.41. The molecule has 1 atom stereocenters. The minimum atomic E-state index is -0.508. The summed E-state index contributed by atoms with van der Waals surface area (Å²) in [6.45, 7) is 0.363. The van der Waals surface area contributed by atoms with Crippen LogP contribution >= 0.6 is 0 Å². The molecule has 0 aliphatic carbocycles. The predicted octanol–water partition coefficient (Wildman–Crippen LogP) is 2.57. The quantitative estimate of drug-likeness (QED) is 0.947. The molecule has 1 heterocycles. The fraction of sp³-hybridized carbons (Fsp3) is 0.278. The summed E-state index contributed by atoms with van der Waals surface area (Å²) in [5, 5.41) is 9.77. The molecule has 1 N–H and O–H groups in total. The number of hydrogen-bond acceptors (Lipinski definition) is 3. The Balaban J connectivity index is 1.93. The van der Waals surface area contributed by atoms with Gasteiger partial charge in [-0.1, -0.05) is 24.3 Å². The molecular weight excluding hydrogens is 297 g/mol. The highest BCUT2D eigenvalue weighted by atomic mass is 19.1. The van der Waals surface area contributed by atoms with E-state index >= 15 is 0 Å². The maximum Gasteiger partial charge on any atom is 0.254 e. The molecule has 23 heavy (non-hydrogen) atoms. The van der Waals surface area contributed by atoms with Crippen molar-refractivity contribution in [2.45, 2.75) is 12.5 Å². The Morgan fingerprint density at radius 3 is 2.87 bits per heavy atom. The van der Waals surface area contributed by atoms with Crippen LogP contribution in [-0.2, 0) is 6.42 Å². The monoisotopic (exact) mass is 315 g/mol. The Kier molecular flexibility index (Phi) is 4.30. The minimum absolute atomic E-state index is 0.0359. The van der Waals surface area contributed by atoms with Gasteiger partial charge in [-0.15, -0.1) is 0 Å². The zero-order valence-corrected chi connectivity index (χ0v) is 12.8. The molecule has 1 aliphatic rings. The lowest BCUT2D eigenvalue weighted by Gasteiger charge is -2.36. The van der Waals surface area contributed by atoms with Crippen molar-refractivity contribution in [1.82, 2.24) is 4.90 Å². The Morgan fingerprint density at radius 2 is 2.13 bits per heavy atom. The lowest BCUT2D eigenvalue weighted by atomic mass is 9.92. The summed E-state index contributed by atoms with van der Waals surface area (Å²) in [6.07, 6.45) is 0.733. The van der Waals surface area contributed by atoms with Gasteiger partial charge in [0.1, 0.15) is 0 Å². The summed E-state index contributed by atoms with van der Waals surface area (Å²) >= 11 is 0. The van der Waals surface area contributed by atoms with Crippen molar-refractivity contribution in [2.24, 2.45) is 0 Å². The van der Waals surface area contributed by atoms with E-state index in [9.17, 15) is 14.3 Å². The van der Waals surface area contributed by atoms with Gasteiger partial charge in [-0.3, -0.25) is 4.79 Å². The number of carbonyl (C=O) groups is 1. The maximum atomic E-state index is 13.5. The van der Waals surface area contributed by atoms with E-state index in [1.165, 1.54) is 25.3 Å². The summed E-state index contributed by atoms with van der Waals surface area (Å²) in [5.41, 5.74) is 2.46. The summed E-state index contributed by atoms with van der Waals surface area (Å²) < 4.78 is 18.5. The van der Waals surface area contributed by atoms with Gasteiger partial charge in [-0.25, -0.2) is 4.39 Å². The van der Waals surface area contributed by atoms with Crippen LogP contribution in [-0.4, -0.2) is 36.2 Å². The van der Waals surface area contributed by atoms with Crippen molar-refractivity contribution in [3.63, 3.8) is 0 Å². The summed E-state index contributed by atoms with van der Waals surface area (Å²) in [5.74, 6) is -0.711. The van der Waals surface area contributed by atoms with Gasteiger partial charge in [0.15, 0.2) is 11.6 Å². The minimum Gasteiger partial charge on any atom is -0.494 e. The molecule has 5 heteroatoms. The van der Waals surface area contributed by atoms with Gasteiger partial charge in [-0.05, 0) is 35.7 Å². The summed E-state index contributed by atoms with van der Waals surface area (Å²) in [4.78, 5) is 14.4. The first-order valence-electron chi connectivity index (χ1n) is 7.49. The Bertz CT molecular complexity index is 732. The SMILES string of the molecule is COc1cc(C(=O)N2CCc3ccccc3[C@H]2CO)ccc1F. The van der Waals surface area contributed by atoms with Crippen LogP contribution in [0.3, 0.4) is 0 Å². The van der Waals surface area contributed by atoms with E-state index in [2.05, 4.69) is 0 Å². The second kappa shape index (κ2) is 6.38. The number of carbonyl (C=O) groups excluding carboxylic acids is 1. The van der Waals surface area contributed by atoms with Gasteiger partial charge < -0.3 is 14.7 Å². The van der Waals surface area contributed by atoms with E-state index in [1.807, 2.05) is 24.3 Å². The van der Waals surface area contributed by atoms with Crippen molar-refractivity contribution in [1.29, 1.82) is 0 Å². The topological polar surface area (TPSA) is 49.8 Å². The van der Waals surface area contributed by atoms with Crippen LogP contribution in [0.1, 0.15) is 27.5 Å². The molecule has 2 aromatic rings. The standard InChI is InChI=1S/C18H18FNO3/c1-23-17-10-13(6-7-15(17)19)18(22)20-9-8-12-4-2-3-5-14(12)16(20)11-21/h2-7,10,16,21H,8-9,11H2,1H3/t16-/m1/s1. The molecule has 4 nitrogen and oxygen atoms in total. The van der Waals surface area contributed by atoms with Crippen LogP contribution < -0.4 is 4.74 Å². The van der Waals surface area contributed by atoms with E-state index in [0.717, 1.165) is 17.5 Å². The number of benzene rings is 2. The molecular formula is C18H18FNO3. The molecule has 0 aromatic heterocycles. The smallest absolute Gasteiger partial charge is 0.254 e. The van der Waals surface area contributed by atoms with Crippen molar-refractivity contribution in [3.05, 3.63) is 65.0 Å². The van der Waals surface area contributed by atoms with E-state index in [4.69, 9.17) is 4.74 Å². The fourth-order valence-electron chi connectivity index (χ4n) is 3.05. The summed E-state index contributed by atoms with van der Waals surface area (Å²) in [6, 6.07) is 11.5. The van der Waals surface area contributed by atoms with Crippen molar-refractivity contribution < 1.29 is 19.0 Å². The van der Waals surface area contributed by atoms with Gasteiger partial charge in [0, 0.05) is 12.1 Å². The first-order chi connectivity index (χ1) is 11.2. The number of fused-ring (bicyclic) bond motifs is 1. The second-order valence-electron chi connectivity index (χ2n) is 5.50. The van der Waals surface area contributed by atoms with E-state index in [0.29, 0.717) is 12.1 Å². The third-order valence-electron chi connectivity index (χ3n) is 4.24. The average Bonchev–Trinajstić information content (AvgIpc) is 2.60. The normalized spacial score (nSPS) is 16.8. The first-order valence-corrected chi connectivity index (χ1v) is 7.49. The Labute approximate surface area is 134 Å². The largest absolute Gasteiger partial charge is 0.494 e. The van der Waals surface area contributed by atoms with Gasteiger partial charge >= 0.3 is 0 Å². The zero-order valence-electron chi connectivity index (χ0n) is 12.8. The van der Waals surface area contributed by atoms with Crippen LogP contribution in [0.5, 0.6) is 5.75 Å². The number of ether oxygens (including phenoxy) is 1. The number of rotatable bonds is 3. The molecule has 1 amide bonds. The zero-order chi connectivity index (χ0) is 16.4. The number of aliphatic hydroxyl groups is 1. The maximum absolute atomic E-state index is 13.5. The van der Waals surface area contributed by atoms with Gasteiger partial charge in [0.05, 0.1) is 19.8 Å². The predicted molar refractivity (Wildman–Crippen MR) is 84.0 cm³/mol. The van der Waals surface area contributed by atoms with Crippen molar-refractivity contribution >= 4 is 5.91 Å². The van der Waals surface area contributed by atoms with E-state index in [-0.39, 0.29) is 24.3 Å². The molecule has 1 aliphatic heterocycles. The third kappa shape index (κ3) is 2.80. The van der Waals surface area contributed by atoms with Crippen LogP contribution in [0.25, 0.3) is 0 Å². The van der Waals surface area contributed by atoms with Crippen molar-refractivity contribution in [2.75, 3.05) is 20.3 Å². The molecule has 120 valence electrons. The molecule has 0 saturated carbocycles. The number of nitrogens with zero attached hydrogens (tertiary/aromatic N) is 1. The molecule has 0 bridgehead atoms. The molecule has 0 spiro atoms. The summed E-state index contributed by atoms with van der Waals surface area (Å²) in [7, 11) is 1.36. The number of aliphatic hydroxyl groups excluding tert-OH is 1. The van der Waals surface area contributed by atoms with Gasteiger partial charge in [0.2, 0.25) is 0 Å². The van der Waals surface area contributed by atoms with Crippen LogP contribution in [0.15, 0.2) is 42.5 Å². The molecule has 0 unspecified atom stereocenters. The Morgan fingerprint density at radius 1 is 1.35 bits per heavy atom. The number of halogens is 1. The molecule has 0 radical (unpaired) electrons. The molecule has 3 rings (SSSR count). The van der Waals surface area contributed by atoms with Gasteiger partial charge in [-0.2, -0.15) is 0 Å². The lowest BCUT2D eigenvalue weighted by molar-refractivity contribution is 0.0568. The first kappa shape index (κ1) is 15.5. The Hall–Kier alpha value is -2.40. The third-order valence-corrected chi connectivity index (χ3v) is 4.24. The van der Waals surface area contributed by atoms with E-state index < -0.39 is 5.82 Å². The highest BCUT2D eigenvalue weighted by Crippen LogP contribution is 2.31. The highest BCUT2D eigenvalue weighted by molar-refractivity contribution is 5.95.